The van der Waals surface area contributed by atoms with Crippen molar-refractivity contribution in [1.29, 1.82) is 0 Å². The van der Waals surface area contributed by atoms with Crippen LogP contribution < -0.4 is 5.73 Å². The average molecular weight is 294 g/mol. The molecule has 2 aromatic rings. The van der Waals surface area contributed by atoms with E-state index in [1.165, 1.54) is 6.07 Å². The van der Waals surface area contributed by atoms with E-state index < -0.39 is 5.82 Å². The van der Waals surface area contributed by atoms with Gasteiger partial charge in [0.05, 0.1) is 5.02 Å². The number of nitrogens with zero attached hydrogens (tertiary/aromatic N) is 2. The molecule has 0 aliphatic rings. The van der Waals surface area contributed by atoms with Crippen molar-refractivity contribution < 1.29 is 4.39 Å². The first-order valence-corrected chi connectivity index (χ1v) is 6.97. The van der Waals surface area contributed by atoms with Crippen molar-refractivity contribution in [3.63, 3.8) is 0 Å². The lowest BCUT2D eigenvalue weighted by atomic mass is 10.1. The predicted octanol–water partition coefficient (Wildman–Crippen LogP) is 3.14. The number of nitrogens with two attached hydrogens (primary N) is 1. The number of halogens is 2. The lowest BCUT2D eigenvalue weighted by Crippen LogP contribution is -2.22. The van der Waals surface area contributed by atoms with E-state index >= 15 is 0 Å². The molecule has 106 valence electrons. The third-order valence-electron chi connectivity index (χ3n) is 3.14. The highest BCUT2D eigenvalue weighted by atomic mass is 35.5. The van der Waals surface area contributed by atoms with Crippen LogP contribution in [0.15, 0.2) is 30.5 Å². The summed E-state index contributed by atoms with van der Waals surface area (Å²) in [6, 6.07) is 6.86. The molecule has 1 unspecified atom stereocenters. The lowest BCUT2D eigenvalue weighted by Gasteiger charge is -2.09. The quantitative estimate of drug-likeness (QED) is 0.921. The number of benzene rings is 1. The zero-order valence-corrected chi connectivity index (χ0v) is 12.1. The summed E-state index contributed by atoms with van der Waals surface area (Å²) < 4.78 is 13.8. The van der Waals surface area contributed by atoms with E-state index in [-0.39, 0.29) is 11.1 Å². The highest BCUT2D eigenvalue weighted by molar-refractivity contribution is 6.30. The first-order valence-electron chi connectivity index (χ1n) is 6.59. The Labute approximate surface area is 123 Å². The van der Waals surface area contributed by atoms with Gasteiger partial charge in [0.15, 0.2) is 0 Å². The molecule has 20 heavy (non-hydrogen) atoms. The second kappa shape index (κ2) is 6.77. The molecular weight excluding hydrogens is 277 g/mol. The molecule has 2 N–H and O–H groups in total. The van der Waals surface area contributed by atoms with Gasteiger partial charge in [-0.15, -0.1) is 0 Å². The van der Waals surface area contributed by atoms with Crippen LogP contribution in [0, 0.1) is 5.82 Å². The number of hydrogen-bond acceptors (Lipinski definition) is 3. The molecule has 1 aromatic heterocycles. The molecule has 2 rings (SSSR count). The van der Waals surface area contributed by atoms with Crippen LogP contribution >= 0.6 is 11.6 Å². The molecule has 3 nitrogen and oxygen atoms in total. The molecule has 1 atom stereocenters. The fourth-order valence-corrected chi connectivity index (χ4v) is 2.10. The first kappa shape index (κ1) is 14.9. The van der Waals surface area contributed by atoms with Crippen molar-refractivity contribution in [2.24, 2.45) is 5.73 Å². The maximum absolute atomic E-state index is 13.8. The summed E-state index contributed by atoms with van der Waals surface area (Å²) in [4.78, 5) is 8.60. The highest BCUT2D eigenvalue weighted by Gasteiger charge is 2.10. The van der Waals surface area contributed by atoms with E-state index in [1.54, 1.807) is 18.3 Å². The fraction of sp³-hybridized carbons (Fsp3) is 0.333. The molecular formula is C15H17ClFN3. The molecule has 1 heterocycles. The van der Waals surface area contributed by atoms with Gasteiger partial charge in [0, 0.05) is 30.8 Å². The maximum atomic E-state index is 13.8. The van der Waals surface area contributed by atoms with Gasteiger partial charge in [-0.3, -0.25) is 0 Å². The Bertz CT molecular complexity index is 589. The van der Waals surface area contributed by atoms with Gasteiger partial charge in [0.2, 0.25) is 0 Å². The molecule has 0 aliphatic heterocycles. The molecule has 0 spiro atoms. The van der Waals surface area contributed by atoms with Gasteiger partial charge in [-0.25, -0.2) is 14.4 Å². The summed E-state index contributed by atoms with van der Waals surface area (Å²) in [5.41, 5.74) is 7.29. The Kier molecular flexibility index (Phi) is 5.04. The molecule has 0 radical (unpaired) electrons. The van der Waals surface area contributed by atoms with Crippen molar-refractivity contribution in [2.45, 2.75) is 32.2 Å². The van der Waals surface area contributed by atoms with Crippen molar-refractivity contribution in [3.05, 3.63) is 58.4 Å². The Morgan fingerprint density at radius 1 is 1.35 bits per heavy atom. The van der Waals surface area contributed by atoms with Gasteiger partial charge in [-0.05, 0) is 24.1 Å². The smallest absolute Gasteiger partial charge is 0.145 e. The van der Waals surface area contributed by atoms with Gasteiger partial charge in [-0.1, -0.05) is 30.7 Å². The van der Waals surface area contributed by atoms with Gasteiger partial charge in [-0.2, -0.15) is 0 Å². The van der Waals surface area contributed by atoms with Crippen molar-refractivity contribution >= 4 is 11.6 Å². The summed E-state index contributed by atoms with van der Waals surface area (Å²) >= 11 is 5.77. The summed E-state index contributed by atoms with van der Waals surface area (Å²) in [6.45, 7) is 2.04. The predicted molar refractivity (Wildman–Crippen MR) is 78.2 cm³/mol. The van der Waals surface area contributed by atoms with Crippen LogP contribution in [-0.4, -0.2) is 16.0 Å². The third kappa shape index (κ3) is 3.74. The van der Waals surface area contributed by atoms with Crippen LogP contribution in [0.1, 0.15) is 30.4 Å². The van der Waals surface area contributed by atoms with Gasteiger partial charge in [0.1, 0.15) is 11.6 Å². The van der Waals surface area contributed by atoms with E-state index in [0.29, 0.717) is 24.2 Å². The molecule has 0 amide bonds. The largest absolute Gasteiger partial charge is 0.327 e. The van der Waals surface area contributed by atoms with E-state index in [9.17, 15) is 4.39 Å². The number of rotatable bonds is 5. The fourth-order valence-electron chi connectivity index (χ4n) is 1.91. The van der Waals surface area contributed by atoms with Crippen LogP contribution in [0.2, 0.25) is 5.02 Å². The van der Waals surface area contributed by atoms with Crippen molar-refractivity contribution in [1.82, 2.24) is 9.97 Å². The lowest BCUT2D eigenvalue weighted by molar-refractivity contribution is 0.610. The SMILES string of the molecule is CCC(N)Cc1ccnc(Cc2cccc(Cl)c2F)n1. The summed E-state index contributed by atoms with van der Waals surface area (Å²) in [5.74, 6) is 0.167. The molecule has 0 saturated carbocycles. The van der Waals surface area contributed by atoms with Gasteiger partial charge < -0.3 is 5.73 Å². The molecule has 0 fully saturated rings. The van der Waals surface area contributed by atoms with E-state index in [2.05, 4.69) is 9.97 Å². The minimum Gasteiger partial charge on any atom is -0.327 e. The second-order valence-corrected chi connectivity index (χ2v) is 5.13. The average Bonchev–Trinajstić information content (AvgIpc) is 2.44. The minimum atomic E-state index is -0.409. The molecule has 5 heteroatoms. The number of hydrogen-bond donors (Lipinski definition) is 1. The maximum Gasteiger partial charge on any atom is 0.145 e. The van der Waals surface area contributed by atoms with E-state index in [4.69, 9.17) is 17.3 Å². The normalized spacial score (nSPS) is 12.4. The number of aromatic nitrogens is 2. The zero-order chi connectivity index (χ0) is 14.5. The van der Waals surface area contributed by atoms with Crippen LogP contribution in [-0.2, 0) is 12.8 Å². The Morgan fingerprint density at radius 3 is 2.90 bits per heavy atom. The second-order valence-electron chi connectivity index (χ2n) is 4.73. The monoisotopic (exact) mass is 293 g/mol. The van der Waals surface area contributed by atoms with Crippen molar-refractivity contribution in [3.8, 4) is 0 Å². The Hall–Kier alpha value is -1.52. The summed E-state index contributed by atoms with van der Waals surface area (Å²) in [6.07, 6.45) is 3.59. The van der Waals surface area contributed by atoms with Gasteiger partial charge in [0.25, 0.3) is 0 Å². The Balaban J connectivity index is 2.17. The molecule has 0 saturated heterocycles. The highest BCUT2D eigenvalue weighted by Crippen LogP contribution is 2.19. The van der Waals surface area contributed by atoms with Crippen molar-refractivity contribution in [2.75, 3.05) is 0 Å². The molecule has 0 bridgehead atoms. The van der Waals surface area contributed by atoms with Crippen LogP contribution in [0.3, 0.4) is 0 Å². The first-order chi connectivity index (χ1) is 9.60. The summed E-state index contributed by atoms with van der Waals surface area (Å²) in [5, 5.41) is 0.117. The summed E-state index contributed by atoms with van der Waals surface area (Å²) in [7, 11) is 0. The third-order valence-corrected chi connectivity index (χ3v) is 3.43. The molecule has 0 aliphatic carbocycles. The van der Waals surface area contributed by atoms with Gasteiger partial charge >= 0.3 is 0 Å². The topological polar surface area (TPSA) is 51.8 Å². The minimum absolute atomic E-state index is 0.0839. The molecule has 1 aromatic carbocycles. The zero-order valence-electron chi connectivity index (χ0n) is 11.3. The van der Waals surface area contributed by atoms with E-state index in [0.717, 1.165) is 12.1 Å². The van der Waals surface area contributed by atoms with Crippen LogP contribution in [0.4, 0.5) is 4.39 Å². The van der Waals surface area contributed by atoms with Crippen LogP contribution in [0.25, 0.3) is 0 Å². The standard InChI is InChI=1S/C15H17ClFN3/c1-2-11(18)9-12-6-7-19-14(20-12)8-10-4-3-5-13(16)15(10)17/h3-7,11H,2,8-9,18H2,1H3. The van der Waals surface area contributed by atoms with E-state index in [1.807, 2.05) is 13.0 Å². The Morgan fingerprint density at radius 2 is 2.15 bits per heavy atom. The van der Waals surface area contributed by atoms with Crippen LogP contribution in [0.5, 0.6) is 0 Å².